The smallest absolute Gasteiger partial charge is 0.229 e. The third-order valence-electron chi connectivity index (χ3n) is 4.40. The molecule has 0 radical (unpaired) electrons. The van der Waals surface area contributed by atoms with E-state index in [1.807, 2.05) is 12.3 Å². The molecule has 1 aromatic rings. The molecular weight excluding hydrogens is 282 g/mol. The summed E-state index contributed by atoms with van der Waals surface area (Å²) in [4.78, 5) is 16.7. The Kier molecular flexibility index (Phi) is 6.18. The lowest BCUT2D eigenvalue weighted by atomic mass is 9.79. The largest absolute Gasteiger partial charge is 0.323 e. The lowest BCUT2D eigenvalue weighted by molar-refractivity contribution is -0.121. The van der Waals surface area contributed by atoms with E-state index in [-0.39, 0.29) is 17.9 Å². The molecule has 0 aromatic carbocycles. The second-order valence-corrected chi connectivity index (χ2v) is 7.07. The molecule has 1 saturated carbocycles. The Balaban J connectivity index is 1.79. The number of nitrogens with one attached hydrogen (secondary N) is 1. The van der Waals surface area contributed by atoms with Gasteiger partial charge in [0.15, 0.2) is 5.13 Å². The first-order chi connectivity index (χ1) is 10.1. The van der Waals surface area contributed by atoms with Crippen molar-refractivity contribution in [1.82, 2.24) is 4.98 Å². The fourth-order valence-corrected chi connectivity index (χ4v) is 3.78. The Bertz CT molecular complexity index is 450. The van der Waals surface area contributed by atoms with Crippen LogP contribution in [-0.2, 0) is 4.79 Å². The molecule has 0 spiro atoms. The highest BCUT2D eigenvalue weighted by Gasteiger charge is 2.26. The van der Waals surface area contributed by atoms with Gasteiger partial charge in [-0.1, -0.05) is 26.2 Å². The highest BCUT2D eigenvalue weighted by molar-refractivity contribution is 7.13. The number of hydrogen-bond acceptors (Lipinski definition) is 4. The number of unbranched alkanes of at least 4 members (excludes halogenated alkanes) is 1. The van der Waals surface area contributed by atoms with Gasteiger partial charge in [0, 0.05) is 17.3 Å². The molecule has 1 aromatic heterocycles. The van der Waals surface area contributed by atoms with Gasteiger partial charge >= 0.3 is 0 Å². The van der Waals surface area contributed by atoms with Gasteiger partial charge in [-0.15, -0.1) is 11.3 Å². The van der Waals surface area contributed by atoms with E-state index in [1.165, 1.54) is 43.4 Å². The van der Waals surface area contributed by atoms with Gasteiger partial charge in [-0.25, -0.2) is 4.98 Å². The standard InChI is InChI=1S/C16H27N3OS/c1-3-4-5-12-6-8-13(9-7-12)15(20)19-16-18-14(10-21-16)11(2)17/h10-13H,3-9,17H2,1-2H3,(H,18,19,20). The summed E-state index contributed by atoms with van der Waals surface area (Å²) in [5, 5.41) is 5.56. The lowest BCUT2D eigenvalue weighted by Crippen LogP contribution is -2.27. The molecule has 4 nitrogen and oxygen atoms in total. The fourth-order valence-electron chi connectivity index (χ4n) is 2.97. The number of nitrogens with two attached hydrogens (primary N) is 1. The molecule has 5 heteroatoms. The molecule has 1 heterocycles. The van der Waals surface area contributed by atoms with E-state index in [0.717, 1.165) is 24.5 Å². The van der Waals surface area contributed by atoms with Gasteiger partial charge in [0.05, 0.1) is 5.69 Å². The van der Waals surface area contributed by atoms with Crippen LogP contribution in [0.2, 0.25) is 0 Å². The zero-order chi connectivity index (χ0) is 15.2. The number of nitrogens with zero attached hydrogens (tertiary/aromatic N) is 1. The molecule has 21 heavy (non-hydrogen) atoms. The van der Waals surface area contributed by atoms with Crippen LogP contribution in [0.4, 0.5) is 5.13 Å². The first-order valence-electron chi connectivity index (χ1n) is 8.12. The molecule has 1 unspecified atom stereocenters. The maximum Gasteiger partial charge on any atom is 0.229 e. The molecule has 1 aliphatic carbocycles. The summed E-state index contributed by atoms with van der Waals surface area (Å²) in [6.45, 7) is 4.14. The Morgan fingerprint density at radius 1 is 1.48 bits per heavy atom. The lowest BCUT2D eigenvalue weighted by Gasteiger charge is -2.27. The minimum atomic E-state index is -0.0825. The molecular formula is C16H27N3OS. The van der Waals surface area contributed by atoms with E-state index < -0.39 is 0 Å². The third-order valence-corrected chi connectivity index (χ3v) is 5.18. The first kappa shape index (κ1) is 16.4. The summed E-state index contributed by atoms with van der Waals surface area (Å²) in [5.74, 6) is 1.12. The highest BCUT2D eigenvalue weighted by Crippen LogP contribution is 2.32. The number of carbonyl (C=O) groups is 1. The summed E-state index contributed by atoms with van der Waals surface area (Å²) < 4.78 is 0. The zero-order valence-electron chi connectivity index (χ0n) is 13.1. The number of aromatic nitrogens is 1. The van der Waals surface area contributed by atoms with Crippen LogP contribution in [0.5, 0.6) is 0 Å². The topological polar surface area (TPSA) is 68.0 Å². The predicted octanol–water partition coefficient (Wildman–Crippen LogP) is 4.10. The van der Waals surface area contributed by atoms with Crippen molar-refractivity contribution in [3.05, 3.63) is 11.1 Å². The second kappa shape index (κ2) is 7.90. The Labute approximate surface area is 131 Å². The fraction of sp³-hybridized carbons (Fsp3) is 0.750. The SMILES string of the molecule is CCCCC1CCC(C(=O)Nc2nc(C(C)N)cs2)CC1. The van der Waals surface area contributed by atoms with Crippen LogP contribution < -0.4 is 11.1 Å². The van der Waals surface area contributed by atoms with Crippen molar-refractivity contribution in [3.8, 4) is 0 Å². The quantitative estimate of drug-likeness (QED) is 0.831. The molecule has 118 valence electrons. The Hall–Kier alpha value is -0.940. The Morgan fingerprint density at radius 2 is 2.19 bits per heavy atom. The average Bonchev–Trinajstić information content (AvgIpc) is 2.94. The summed E-state index contributed by atoms with van der Waals surface area (Å²) in [6.07, 6.45) is 8.35. The number of thiazole rings is 1. The molecule has 0 bridgehead atoms. The molecule has 1 atom stereocenters. The van der Waals surface area contributed by atoms with E-state index in [0.29, 0.717) is 5.13 Å². The Morgan fingerprint density at radius 3 is 2.76 bits per heavy atom. The van der Waals surface area contributed by atoms with Crippen LogP contribution in [0.25, 0.3) is 0 Å². The molecule has 0 saturated heterocycles. The monoisotopic (exact) mass is 309 g/mol. The number of anilines is 1. The number of rotatable bonds is 6. The minimum absolute atomic E-state index is 0.0825. The first-order valence-corrected chi connectivity index (χ1v) is 9.00. The summed E-state index contributed by atoms with van der Waals surface area (Å²) in [5.41, 5.74) is 6.63. The van der Waals surface area contributed by atoms with Crippen molar-refractivity contribution in [2.24, 2.45) is 17.6 Å². The van der Waals surface area contributed by atoms with Gasteiger partial charge in [0.25, 0.3) is 0 Å². The maximum absolute atomic E-state index is 12.3. The van der Waals surface area contributed by atoms with Gasteiger partial charge in [-0.3, -0.25) is 4.79 Å². The van der Waals surface area contributed by atoms with Crippen LogP contribution in [0.3, 0.4) is 0 Å². The van der Waals surface area contributed by atoms with Crippen molar-refractivity contribution in [3.63, 3.8) is 0 Å². The third kappa shape index (κ3) is 4.78. The number of amides is 1. The van der Waals surface area contributed by atoms with Gasteiger partial charge in [0.1, 0.15) is 0 Å². The van der Waals surface area contributed by atoms with Crippen LogP contribution >= 0.6 is 11.3 Å². The van der Waals surface area contributed by atoms with E-state index in [9.17, 15) is 4.79 Å². The highest BCUT2D eigenvalue weighted by atomic mass is 32.1. The predicted molar refractivity (Wildman–Crippen MR) is 88.3 cm³/mol. The summed E-state index contributed by atoms with van der Waals surface area (Å²) >= 11 is 1.46. The van der Waals surface area contributed by atoms with Gasteiger partial charge in [-0.05, 0) is 38.5 Å². The van der Waals surface area contributed by atoms with E-state index in [2.05, 4.69) is 17.2 Å². The van der Waals surface area contributed by atoms with Crippen LogP contribution in [0.15, 0.2) is 5.38 Å². The number of carbonyl (C=O) groups excluding carboxylic acids is 1. The molecule has 1 amide bonds. The molecule has 1 fully saturated rings. The molecule has 2 rings (SSSR count). The van der Waals surface area contributed by atoms with Gasteiger partial charge in [0.2, 0.25) is 5.91 Å². The second-order valence-electron chi connectivity index (χ2n) is 6.22. The normalized spacial score (nSPS) is 23.8. The van der Waals surface area contributed by atoms with Crippen molar-refractivity contribution in [2.75, 3.05) is 5.32 Å². The maximum atomic E-state index is 12.3. The molecule has 0 aliphatic heterocycles. The van der Waals surface area contributed by atoms with E-state index >= 15 is 0 Å². The molecule has 3 N–H and O–H groups in total. The van der Waals surface area contributed by atoms with Gasteiger partial charge in [-0.2, -0.15) is 0 Å². The van der Waals surface area contributed by atoms with E-state index in [1.54, 1.807) is 0 Å². The van der Waals surface area contributed by atoms with Gasteiger partial charge < -0.3 is 11.1 Å². The number of hydrogen-bond donors (Lipinski definition) is 2. The zero-order valence-corrected chi connectivity index (χ0v) is 13.9. The van der Waals surface area contributed by atoms with Crippen molar-refractivity contribution in [2.45, 2.75) is 64.8 Å². The van der Waals surface area contributed by atoms with Crippen molar-refractivity contribution < 1.29 is 4.79 Å². The van der Waals surface area contributed by atoms with Crippen LogP contribution in [-0.4, -0.2) is 10.9 Å². The van der Waals surface area contributed by atoms with Crippen LogP contribution in [0.1, 0.15) is 70.5 Å². The molecule has 1 aliphatic rings. The summed E-state index contributed by atoms with van der Waals surface area (Å²) in [6, 6.07) is -0.0825. The van der Waals surface area contributed by atoms with Crippen molar-refractivity contribution in [1.29, 1.82) is 0 Å². The average molecular weight is 309 g/mol. The van der Waals surface area contributed by atoms with E-state index in [4.69, 9.17) is 5.73 Å². The van der Waals surface area contributed by atoms with Crippen molar-refractivity contribution >= 4 is 22.4 Å². The minimum Gasteiger partial charge on any atom is -0.323 e. The van der Waals surface area contributed by atoms with Crippen LogP contribution in [0, 0.1) is 11.8 Å². The summed E-state index contributed by atoms with van der Waals surface area (Å²) in [7, 11) is 0.